The Morgan fingerprint density at radius 1 is 1.50 bits per heavy atom. The second-order valence-electron chi connectivity index (χ2n) is 5.73. The second-order valence-corrected chi connectivity index (χ2v) is 6.09. The van der Waals surface area contributed by atoms with Gasteiger partial charge in [-0.2, -0.15) is 5.10 Å². The van der Waals surface area contributed by atoms with Crippen molar-refractivity contribution in [3.63, 3.8) is 0 Å². The molecular formula is C13H24N4O2S. The second kappa shape index (κ2) is 6.80. The van der Waals surface area contributed by atoms with Gasteiger partial charge in [0.2, 0.25) is 0 Å². The van der Waals surface area contributed by atoms with Gasteiger partial charge >= 0.3 is 0 Å². The van der Waals surface area contributed by atoms with Gasteiger partial charge in [-0.1, -0.05) is 13.8 Å². The minimum Gasteiger partial charge on any atom is -0.388 e. The van der Waals surface area contributed by atoms with E-state index in [1.807, 2.05) is 7.05 Å². The quantitative estimate of drug-likeness (QED) is 0.827. The van der Waals surface area contributed by atoms with E-state index in [9.17, 15) is 5.11 Å². The summed E-state index contributed by atoms with van der Waals surface area (Å²) in [5.74, 6) is 1.23. The summed E-state index contributed by atoms with van der Waals surface area (Å²) < 4.78 is 9.78. The molecule has 1 aromatic heterocycles. The van der Waals surface area contributed by atoms with Crippen LogP contribution in [0.4, 0.5) is 0 Å². The minimum absolute atomic E-state index is 0.0916. The third kappa shape index (κ3) is 3.46. The Kier molecular flexibility index (Phi) is 5.31. The van der Waals surface area contributed by atoms with E-state index >= 15 is 0 Å². The van der Waals surface area contributed by atoms with Crippen molar-refractivity contribution in [2.24, 2.45) is 13.0 Å². The Morgan fingerprint density at radius 3 is 2.85 bits per heavy atom. The molecule has 1 saturated heterocycles. The standard InChI is InChI=1S/C13H24N4O2S/c1-10(2)6-11-8-19-5-4-16(11)9-17-13(20)15(3)12(7-18)14-17/h10-11,18H,4-9H2,1-3H3. The number of aromatic nitrogens is 3. The van der Waals surface area contributed by atoms with Gasteiger partial charge in [0, 0.05) is 19.6 Å². The summed E-state index contributed by atoms with van der Waals surface area (Å²) in [6.07, 6.45) is 1.10. The van der Waals surface area contributed by atoms with Gasteiger partial charge in [0.1, 0.15) is 6.61 Å². The van der Waals surface area contributed by atoms with E-state index in [1.165, 1.54) is 0 Å². The van der Waals surface area contributed by atoms with Crippen LogP contribution in [0.2, 0.25) is 0 Å². The average molecular weight is 300 g/mol. The lowest BCUT2D eigenvalue weighted by Gasteiger charge is -2.36. The normalized spacial score (nSPS) is 20.8. The minimum atomic E-state index is -0.0916. The molecule has 114 valence electrons. The summed E-state index contributed by atoms with van der Waals surface area (Å²) in [5.41, 5.74) is 0. The highest BCUT2D eigenvalue weighted by molar-refractivity contribution is 7.71. The maximum atomic E-state index is 9.26. The summed E-state index contributed by atoms with van der Waals surface area (Å²) in [4.78, 5) is 2.37. The van der Waals surface area contributed by atoms with Crippen molar-refractivity contribution >= 4 is 12.2 Å². The predicted octanol–water partition coefficient (Wildman–Crippen LogP) is 1.15. The first-order valence-corrected chi connectivity index (χ1v) is 7.49. The van der Waals surface area contributed by atoms with Crippen LogP contribution >= 0.6 is 12.2 Å². The zero-order valence-electron chi connectivity index (χ0n) is 12.4. The molecule has 1 aliphatic rings. The molecule has 0 aliphatic carbocycles. The number of hydrogen-bond donors (Lipinski definition) is 1. The third-order valence-electron chi connectivity index (χ3n) is 3.68. The maximum absolute atomic E-state index is 9.26. The monoisotopic (exact) mass is 300 g/mol. The van der Waals surface area contributed by atoms with Gasteiger partial charge in [0.15, 0.2) is 10.6 Å². The van der Waals surface area contributed by atoms with Crippen LogP contribution < -0.4 is 0 Å². The van der Waals surface area contributed by atoms with Crippen LogP contribution in [0.15, 0.2) is 0 Å². The largest absolute Gasteiger partial charge is 0.388 e. The fourth-order valence-corrected chi connectivity index (χ4v) is 2.78. The molecule has 1 N–H and O–H groups in total. The highest BCUT2D eigenvalue weighted by atomic mass is 32.1. The maximum Gasteiger partial charge on any atom is 0.198 e. The zero-order chi connectivity index (χ0) is 14.7. The molecule has 0 spiro atoms. The number of ether oxygens (including phenoxy) is 1. The smallest absolute Gasteiger partial charge is 0.198 e. The van der Waals surface area contributed by atoms with Crippen LogP contribution in [0.1, 0.15) is 26.1 Å². The Labute approximate surface area is 125 Å². The summed E-state index contributed by atoms with van der Waals surface area (Å²) in [6, 6.07) is 0.408. The van der Waals surface area contributed by atoms with E-state index in [-0.39, 0.29) is 6.61 Å². The first-order valence-electron chi connectivity index (χ1n) is 7.08. The molecule has 0 bridgehead atoms. The van der Waals surface area contributed by atoms with Crippen molar-refractivity contribution in [3.05, 3.63) is 10.6 Å². The Bertz CT molecular complexity index is 497. The molecule has 1 unspecified atom stereocenters. The van der Waals surface area contributed by atoms with E-state index in [0.29, 0.717) is 29.2 Å². The highest BCUT2D eigenvalue weighted by Gasteiger charge is 2.24. The Hall–Kier alpha value is -0.760. The van der Waals surface area contributed by atoms with Crippen molar-refractivity contribution in [2.45, 2.75) is 39.6 Å². The van der Waals surface area contributed by atoms with E-state index in [2.05, 4.69) is 23.8 Å². The van der Waals surface area contributed by atoms with E-state index < -0.39 is 0 Å². The Morgan fingerprint density at radius 2 is 2.25 bits per heavy atom. The molecule has 2 rings (SSSR count). The van der Waals surface area contributed by atoms with Gasteiger partial charge in [-0.3, -0.25) is 4.90 Å². The van der Waals surface area contributed by atoms with Gasteiger partial charge in [0.05, 0.1) is 19.9 Å². The van der Waals surface area contributed by atoms with Crippen molar-refractivity contribution in [1.29, 1.82) is 0 Å². The molecule has 1 atom stereocenters. The van der Waals surface area contributed by atoms with Crippen molar-refractivity contribution < 1.29 is 9.84 Å². The molecule has 1 aliphatic heterocycles. The molecular weight excluding hydrogens is 276 g/mol. The van der Waals surface area contributed by atoms with Crippen molar-refractivity contribution in [2.75, 3.05) is 19.8 Å². The molecule has 0 amide bonds. The number of rotatable bonds is 5. The molecule has 2 heterocycles. The van der Waals surface area contributed by atoms with Crippen LogP contribution in [0, 0.1) is 10.7 Å². The summed E-state index contributed by atoms with van der Waals surface area (Å²) in [6.45, 7) is 7.43. The van der Waals surface area contributed by atoms with Gasteiger partial charge in [-0.15, -0.1) is 0 Å². The van der Waals surface area contributed by atoms with Crippen molar-refractivity contribution in [1.82, 2.24) is 19.2 Å². The van der Waals surface area contributed by atoms with E-state index in [0.717, 1.165) is 26.2 Å². The molecule has 6 nitrogen and oxygen atoms in total. The van der Waals surface area contributed by atoms with Gasteiger partial charge in [-0.05, 0) is 24.6 Å². The number of morpholine rings is 1. The highest BCUT2D eigenvalue weighted by Crippen LogP contribution is 2.16. The number of aliphatic hydroxyl groups excluding tert-OH is 1. The van der Waals surface area contributed by atoms with Crippen LogP contribution in [0.3, 0.4) is 0 Å². The lowest BCUT2D eigenvalue weighted by molar-refractivity contribution is -0.0314. The fourth-order valence-electron chi connectivity index (χ4n) is 2.57. The van der Waals surface area contributed by atoms with Crippen LogP contribution in [0.25, 0.3) is 0 Å². The molecule has 7 heteroatoms. The van der Waals surface area contributed by atoms with Gasteiger partial charge in [0.25, 0.3) is 0 Å². The van der Waals surface area contributed by atoms with E-state index in [1.54, 1.807) is 9.25 Å². The van der Waals surface area contributed by atoms with Crippen LogP contribution in [0.5, 0.6) is 0 Å². The number of aliphatic hydroxyl groups is 1. The molecule has 20 heavy (non-hydrogen) atoms. The molecule has 0 saturated carbocycles. The Balaban J connectivity index is 2.12. The predicted molar refractivity (Wildman–Crippen MR) is 78.7 cm³/mol. The SMILES string of the molecule is CC(C)CC1COCCN1Cn1nc(CO)n(C)c1=S. The first-order chi connectivity index (χ1) is 9.52. The topological polar surface area (TPSA) is 55.4 Å². The lowest BCUT2D eigenvalue weighted by Crippen LogP contribution is -2.46. The van der Waals surface area contributed by atoms with Gasteiger partial charge in [-0.25, -0.2) is 4.68 Å². The lowest BCUT2D eigenvalue weighted by atomic mass is 10.0. The molecule has 1 fully saturated rings. The average Bonchev–Trinajstić information content (AvgIpc) is 2.68. The van der Waals surface area contributed by atoms with Crippen LogP contribution in [-0.4, -0.2) is 50.2 Å². The number of nitrogens with zero attached hydrogens (tertiary/aromatic N) is 4. The molecule has 0 aromatic carbocycles. The molecule has 1 aromatic rings. The van der Waals surface area contributed by atoms with Gasteiger partial charge < -0.3 is 14.4 Å². The summed E-state index contributed by atoms with van der Waals surface area (Å²) in [7, 11) is 1.84. The first kappa shape index (κ1) is 15.6. The third-order valence-corrected chi connectivity index (χ3v) is 4.17. The van der Waals surface area contributed by atoms with Crippen LogP contribution in [-0.2, 0) is 25.1 Å². The van der Waals surface area contributed by atoms with E-state index in [4.69, 9.17) is 17.0 Å². The summed E-state index contributed by atoms with van der Waals surface area (Å²) >= 11 is 5.37. The van der Waals surface area contributed by atoms with Crippen molar-refractivity contribution in [3.8, 4) is 0 Å². The zero-order valence-corrected chi connectivity index (χ0v) is 13.3. The number of hydrogen-bond acceptors (Lipinski definition) is 5. The summed E-state index contributed by atoms with van der Waals surface area (Å²) in [5, 5.41) is 13.6. The molecule has 0 radical (unpaired) electrons. The fraction of sp³-hybridized carbons (Fsp3) is 0.846.